The Morgan fingerprint density at radius 3 is 2.76 bits per heavy atom. The van der Waals surface area contributed by atoms with E-state index in [0.717, 1.165) is 49.5 Å². The molecule has 2 aliphatic heterocycles. The Labute approximate surface area is 123 Å². The topological polar surface area (TPSA) is 65.1 Å². The molecule has 110 valence electrons. The molecule has 0 saturated carbocycles. The van der Waals surface area contributed by atoms with Crippen molar-refractivity contribution in [3.05, 3.63) is 18.1 Å². The van der Waals surface area contributed by atoms with Gasteiger partial charge in [0.2, 0.25) is 5.91 Å². The molecule has 2 aliphatic rings. The number of H-pyrrole nitrogens is 1. The molecule has 1 amide bonds. The van der Waals surface area contributed by atoms with Crippen LogP contribution in [-0.2, 0) is 11.2 Å². The van der Waals surface area contributed by atoms with Crippen LogP contribution in [0.1, 0.15) is 19.4 Å². The molecule has 0 unspecified atom stereocenters. The van der Waals surface area contributed by atoms with Crippen molar-refractivity contribution in [3.8, 4) is 0 Å². The molecule has 0 aliphatic carbocycles. The average molecular weight is 285 g/mol. The van der Waals surface area contributed by atoms with Gasteiger partial charge in [-0.05, 0) is 12.0 Å². The Balaban J connectivity index is 1.57. The summed E-state index contributed by atoms with van der Waals surface area (Å²) in [5.41, 5.74) is 2.48. The van der Waals surface area contributed by atoms with E-state index in [2.05, 4.69) is 26.8 Å². The number of aromatic amines is 1. The highest BCUT2D eigenvalue weighted by Gasteiger charge is 2.53. The van der Waals surface area contributed by atoms with Crippen LogP contribution in [0.25, 0.3) is 11.0 Å². The number of aryl methyl sites for hydroxylation is 1. The Morgan fingerprint density at radius 2 is 2.10 bits per heavy atom. The summed E-state index contributed by atoms with van der Waals surface area (Å²) in [5, 5.41) is 1.15. The lowest BCUT2D eigenvalue weighted by atomic mass is 9.72. The Kier molecular flexibility index (Phi) is 2.52. The molecule has 4 heterocycles. The summed E-state index contributed by atoms with van der Waals surface area (Å²) in [6.07, 6.45) is 4.62. The molecule has 4 rings (SSSR count). The largest absolute Gasteiger partial charge is 0.354 e. The third kappa shape index (κ3) is 1.74. The summed E-state index contributed by atoms with van der Waals surface area (Å²) in [5.74, 6) is 1.22. The number of hydrogen-bond acceptors (Lipinski definition) is 4. The minimum atomic E-state index is 0.183. The number of carbonyl (C=O) groups is 1. The van der Waals surface area contributed by atoms with Crippen molar-refractivity contribution in [1.29, 1.82) is 0 Å². The number of hydrogen-bond donors (Lipinski definition) is 1. The van der Waals surface area contributed by atoms with Gasteiger partial charge in [0.25, 0.3) is 0 Å². The van der Waals surface area contributed by atoms with E-state index in [1.165, 1.54) is 5.56 Å². The third-order valence-corrected chi connectivity index (χ3v) is 4.76. The summed E-state index contributed by atoms with van der Waals surface area (Å²) >= 11 is 0. The standard InChI is InChI=1S/C15H19N5O/c1-3-11-4-16-13-12(11)14(18-9-17-13)20-7-15(8-20)5-19(6-15)10(2)21/h4,9H,3,5-8H2,1-2H3,(H,16,17,18). The summed E-state index contributed by atoms with van der Waals surface area (Å²) in [7, 11) is 0. The summed E-state index contributed by atoms with van der Waals surface area (Å²) < 4.78 is 0. The van der Waals surface area contributed by atoms with Crippen LogP contribution in [0.15, 0.2) is 12.5 Å². The van der Waals surface area contributed by atoms with Crippen molar-refractivity contribution < 1.29 is 4.79 Å². The third-order valence-electron chi connectivity index (χ3n) is 4.76. The Morgan fingerprint density at radius 1 is 1.33 bits per heavy atom. The molecule has 2 saturated heterocycles. The first kappa shape index (κ1) is 12.6. The van der Waals surface area contributed by atoms with E-state index in [1.807, 2.05) is 11.1 Å². The predicted octanol–water partition coefficient (Wildman–Crippen LogP) is 1.19. The number of likely N-dealkylation sites (tertiary alicyclic amines) is 1. The lowest BCUT2D eigenvalue weighted by Gasteiger charge is -2.60. The van der Waals surface area contributed by atoms with Gasteiger partial charge < -0.3 is 14.8 Å². The predicted molar refractivity (Wildman–Crippen MR) is 80.2 cm³/mol. The molecule has 2 aromatic rings. The number of anilines is 1. The quantitative estimate of drug-likeness (QED) is 0.900. The van der Waals surface area contributed by atoms with E-state index in [1.54, 1.807) is 13.3 Å². The smallest absolute Gasteiger partial charge is 0.219 e. The molecule has 0 aromatic carbocycles. The highest BCUT2D eigenvalue weighted by atomic mass is 16.2. The van der Waals surface area contributed by atoms with E-state index in [4.69, 9.17) is 0 Å². The van der Waals surface area contributed by atoms with Crippen LogP contribution in [0.4, 0.5) is 5.82 Å². The highest BCUT2D eigenvalue weighted by molar-refractivity contribution is 5.91. The maximum absolute atomic E-state index is 11.3. The Hall–Kier alpha value is -2.11. The van der Waals surface area contributed by atoms with Gasteiger partial charge in [-0.3, -0.25) is 4.79 Å². The van der Waals surface area contributed by atoms with Crippen molar-refractivity contribution in [2.45, 2.75) is 20.3 Å². The lowest BCUT2D eigenvalue weighted by molar-refractivity contribution is -0.142. The molecule has 0 radical (unpaired) electrons. The summed E-state index contributed by atoms with van der Waals surface area (Å²) in [6, 6.07) is 0. The van der Waals surface area contributed by atoms with Crippen molar-refractivity contribution in [3.63, 3.8) is 0 Å². The van der Waals surface area contributed by atoms with Crippen molar-refractivity contribution >= 4 is 22.8 Å². The number of carbonyl (C=O) groups excluding carboxylic acids is 1. The van der Waals surface area contributed by atoms with E-state index >= 15 is 0 Å². The SMILES string of the molecule is CCc1c[nH]c2ncnc(N3CC4(CN(C(C)=O)C4)C3)c12. The second kappa shape index (κ2) is 4.19. The second-order valence-electron chi connectivity index (χ2n) is 6.32. The van der Waals surface area contributed by atoms with Gasteiger partial charge in [0.15, 0.2) is 0 Å². The van der Waals surface area contributed by atoms with Crippen LogP contribution in [0.2, 0.25) is 0 Å². The van der Waals surface area contributed by atoms with Gasteiger partial charge in [-0.2, -0.15) is 0 Å². The monoisotopic (exact) mass is 285 g/mol. The van der Waals surface area contributed by atoms with Gasteiger partial charge in [0, 0.05) is 44.7 Å². The van der Waals surface area contributed by atoms with Crippen LogP contribution in [-0.4, -0.2) is 51.9 Å². The number of fused-ring (bicyclic) bond motifs is 1. The number of nitrogens with zero attached hydrogens (tertiary/aromatic N) is 4. The van der Waals surface area contributed by atoms with Crippen molar-refractivity contribution in [2.75, 3.05) is 31.1 Å². The maximum atomic E-state index is 11.3. The van der Waals surface area contributed by atoms with Gasteiger partial charge in [0.05, 0.1) is 5.39 Å². The maximum Gasteiger partial charge on any atom is 0.219 e. The molecule has 6 nitrogen and oxygen atoms in total. The van der Waals surface area contributed by atoms with Crippen LogP contribution in [0, 0.1) is 5.41 Å². The fraction of sp³-hybridized carbons (Fsp3) is 0.533. The first-order valence-corrected chi connectivity index (χ1v) is 7.43. The second-order valence-corrected chi connectivity index (χ2v) is 6.32. The number of nitrogens with one attached hydrogen (secondary N) is 1. The zero-order valence-corrected chi connectivity index (χ0v) is 12.4. The molecular formula is C15H19N5O. The number of amides is 1. The lowest BCUT2D eigenvalue weighted by Crippen LogP contribution is -2.73. The minimum Gasteiger partial charge on any atom is -0.354 e. The molecule has 6 heteroatoms. The molecule has 2 fully saturated rings. The van der Waals surface area contributed by atoms with Gasteiger partial charge in [-0.1, -0.05) is 6.92 Å². The van der Waals surface area contributed by atoms with Crippen molar-refractivity contribution in [1.82, 2.24) is 19.9 Å². The zero-order chi connectivity index (χ0) is 14.6. The Bertz CT molecular complexity index is 708. The first-order chi connectivity index (χ1) is 10.1. The average Bonchev–Trinajstić information content (AvgIpc) is 2.78. The van der Waals surface area contributed by atoms with Crippen LogP contribution < -0.4 is 4.90 Å². The van der Waals surface area contributed by atoms with E-state index in [0.29, 0.717) is 5.41 Å². The summed E-state index contributed by atoms with van der Waals surface area (Å²) in [4.78, 5) is 27.6. The fourth-order valence-corrected chi connectivity index (χ4v) is 3.63. The minimum absolute atomic E-state index is 0.183. The van der Waals surface area contributed by atoms with E-state index in [-0.39, 0.29) is 5.91 Å². The zero-order valence-electron chi connectivity index (χ0n) is 12.4. The van der Waals surface area contributed by atoms with E-state index < -0.39 is 0 Å². The van der Waals surface area contributed by atoms with Gasteiger partial charge >= 0.3 is 0 Å². The molecule has 1 spiro atoms. The molecule has 0 bridgehead atoms. The molecule has 21 heavy (non-hydrogen) atoms. The normalized spacial score (nSPS) is 19.7. The molecule has 1 N–H and O–H groups in total. The highest BCUT2D eigenvalue weighted by Crippen LogP contribution is 2.43. The van der Waals surface area contributed by atoms with Gasteiger partial charge in [-0.15, -0.1) is 0 Å². The number of aromatic nitrogens is 3. The molecular weight excluding hydrogens is 266 g/mol. The van der Waals surface area contributed by atoms with Crippen LogP contribution >= 0.6 is 0 Å². The van der Waals surface area contributed by atoms with Gasteiger partial charge in [-0.25, -0.2) is 9.97 Å². The van der Waals surface area contributed by atoms with Crippen LogP contribution in [0.5, 0.6) is 0 Å². The first-order valence-electron chi connectivity index (χ1n) is 7.43. The van der Waals surface area contributed by atoms with E-state index in [9.17, 15) is 4.79 Å². The molecule has 2 aromatic heterocycles. The van der Waals surface area contributed by atoms with Crippen LogP contribution in [0.3, 0.4) is 0 Å². The van der Waals surface area contributed by atoms with Gasteiger partial charge in [0.1, 0.15) is 17.8 Å². The number of rotatable bonds is 2. The molecule has 0 atom stereocenters. The summed E-state index contributed by atoms with van der Waals surface area (Å²) in [6.45, 7) is 7.54. The van der Waals surface area contributed by atoms with Crippen molar-refractivity contribution in [2.24, 2.45) is 5.41 Å². The fourth-order valence-electron chi connectivity index (χ4n) is 3.63.